The summed E-state index contributed by atoms with van der Waals surface area (Å²) in [5.41, 5.74) is 0.927. The summed E-state index contributed by atoms with van der Waals surface area (Å²) in [7, 11) is 0. The van der Waals surface area contributed by atoms with E-state index < -0.39 is 12.2 Å². The number of H-pyrrole nitrogens is 1. The van der Waals surface area contributed by atoms with E-state index >= 15 is 0 Å². The molecule has 22 heavy (non-hydrogen) atoms. The Morgan fingerprint density at radius 1 is 1.32 bits per heavy atom. The SMILES string of the molecule is Cc1nc(CNC(=O)[C@@H]2OCCO[C@@H]2c2ccccc2)n[nH]1. The highest BCUT2D eigenvalue weighted by molar-refractivity contribution is 5.81. The molecule has 3 rings (SSSR count). The van der Waals surface area contributed by atoms with E-state index in [2.05, 4.69) is 20.5 Å². The molecule has 2 atom stereocenters. The average molecular weight is 302 g/mol. The first-order valence-electron chi connectivity index (χ1n) is 7.18. The normalized spacial score (nSPS) is 21.5. The first-order chi connectivity index (χ1) is 10.7. The molecule has 2 N–H and O–H groups in total. The number of rotatable bonds is 4. The molecule has 1 aromatic heterocycles. The first kappa shape index (κ1) is 14.7. The summed E-state index contributed by atoms with van der Waals surface area (Å²) in [6, 6.07) is 9.61. The van der Waals surface area contributed by atoms with Crippen LogP contribution in [0.25, 0.3) is 0 Å². The van der Waals surface area contributed by atoms with Gasteiger partial charge in [0.2, 0.25) is 0 Å². The van der Waals surface area contributed by atoms with Crippen LogP contribution in [0.1, 0.15) is 23.3 Å². The highest BCUT2D eigenvalue weighted by Crippen LogP contribution is 2.26. The summed E-state index contributed by atoms with van der Waals surface area (Å²) >= 11 is 0. The van der Waals surface area contributed by atoms with Crippen molar-refractivity contribution in [1.82, 2.24) is 20.5 Å². The Bertz CT molecular complexity index is 629. The summed E-state index contributed by atoms with van der Waals surface area (Å²) in [6.07, 6.45) is -1.07. The van der Waals surface area contributed by atoms with Crippen LogP contribution in [-0.4, -0.2) is 40.4 Å². The van der Waals surface area contributed by atoms with Crippen LogP contribution in [0.4, 0.5) is 0 Å². The topological polar surface area (TPSA) is 89.1 Å². The molecule has 0 saturated carbocycles. The number of carbonyl (C=O) groups is 1. The van der Waals surface area contributed by atoms with Gasteiger partial charge in [-0.3, -0.25) is 9.89 Å². The van der Waals surface area contributed by atoms with E-state index in [4.69, 9.17) is 9.47 Å². The lowest BCUT2D eigenvalue weighted by molar-refractivity contribution is -0.166. The summed E-state index contributed by atoms with van der Waals surface area (Å²) < 4.78 is 11.3. The number of aromatic nitrogens is 3. The van der Waals surface area contributed by atoms with Crippen molar-refractivity contribution in [3.8, 4) is 0 Å². The number of aromatic amines is 1. The molecule has 1 fully saturated rings. The second kappa shape index (κ2) is 6.67. The zero-order valence-corrected chi connectivity index (χ0v) is 12.3. The second-order valence-corrected chi connectivity index (χ2v) is 5.05. The fourth-order valence-electron chi connectivity index (χ4n) is 2.39. The molecule has 1 amide bonds. The summed E-state index contributed by atoms with van der Waals surface area (Å²) in [6.45, 7) is 2.94. The molecule has 116 valence electrons. The number of carbonyl (C=O) groups excluding carboxylic acids is 1. The zero-order chi connectivity index (χ0) is 15.4. The lowest BCUT2D eigenvalue weighted by Crippen LogP contribution is -2.44. The standard InChI is InChI=1S/C15H18N4O3/c1-10-17-12(19-18-10)9-16-15(20)14-13(21-7-8-22-14)11-5-3-2-4-6-11/h2-6,13-14H,7-9H2,1H3,(H,16,20)(H,17,18,19)/t13-,14-/m1/s1. The zero-order valence-electron chi connectivity index (χ0n) is 12.3. The maximum Gasteiger partial charge on any atom is 0.252 e. The lowest BCUT2D eigenvalue weighted by Gasteiger charge is -2.31. The molecule has 0 radical (unpaired) electrons. The number of benzene rings is 1. The molecular formula is C15H18N4O3. The molecule has 0 spiro atoms. The van der Waals surface area contributed by atoms with Crippen molar-refractivity contribution < 1.29 is 14.3 Å². The van der Waals surface area contributed by atoms with E-state index in [0.717, 1.165) is 5.56 Å². The number of aryl methyl sites for hydroxylation is 1. The number of amides is 1. The molecular weight excluding hydrogens is 284 g/mol. The third-order valence-electron chi connectivity index (χ3n) is 3.40. The third-order valence-corrected chi connectivity index (χ3v) is 3.40. The monoisotopic (exact) mass is 302 g/mol. The maximum absolute atomic E-state index is 12.4. The van der Waals surface area contributed by atoms with Gasteiger partial charge in [-0.2, -0.15) is 5.10 Å². The Morgan fingerprint density at radius 2 is 2.09 bits per heavy atom. The highest BCUT2D eigenvalue weighted by Gasteiger charge is 2.34. The lowest BCUT2D eigenvalue weighted by atomic mass is 10.0. The van der Waals surface area contributed by atoms with Gasteiger partial charge < -0.3 is 14.8 Å². The van der Waals surface area contributed by atoms with Crippen LogP contribution >= 0.6 is 0 Å². The highest BCUT2D eigenvalue weighted by atomic mass is 16.6. The van der Waals surface area contributed by atoms with Gasteiger partial charge >= 0.3 is 0 Å². The maximum atomic E-state index is 12.4. The summed E-state index contributed by atoms with van der Waals surface area (Å²) in [5, 5.41) is 9.52. The summed E-state index contributed by atoms with van der Waals surface area (Å²) in [5.74, 6) is 1.03. The molecule has 7 nitrogen and oxygen atoms in total. The molecule has 1 aromatic carbocycles. The van der Waals surface area contributed by atoms with Gasteiger partial charge in [-0.25, -0.2) is 4.98 Å². The quantitative estimate of drug-likeness (QED) is 0.875. The first-order valence-corrected chi connectivity index (χ1v) is 7.18. The molecule has 2 heterocycles. The van der Waals surface area contributed by atoms with Crippen molar-refractivity contribution in [2.75, 3.05) is 13.2 Å². The van der Waals surface area contributed by atoms with E-state index in [0.29, 0.717) is 24.9 Å². The fraction of sp³-hybridized carbons (Fsp3) is 0.400. The predicted molar refractivity (Wildman–Crippen MR) is 77.8 cm³/mol. The Morgan fingerprint density at radius 3 is 2.82 bits per heavy atom. The van der Waals surface area contributed by atoms with Crippen LogP contribution in [0, 0.1) is 6.92 Å². The second-order valence-electron chi connectivity index (χ2n) is 5.05. The molecule has 7 heteroatoms. The molecule has 0 aliphatic carbocycles. The van der Waals surface area contributed by atoms with Gasteiger partial charge in [0, 0.05) is 0 Å². The minimum absolute atomic E-state index is 0.226. The van der Waals surface area contributed by atoms with E-state index in [1.54, 1.807) is 0 Å². The Balaban J connectivity index is 1.66. The molecule has 0 unspecified atom stereocenters. The van der Waals surface area contributed by atoms with Crippen molar-refractivity contribution in [2.24, 2.45) is 0 Å². The third kappa shape index (κ3) is 3.32. The molecule has 1 saturated heterocycles. The number of nitrogens with zero attached hydrogens (tertiary/aromatic N) is 2. The fourth-order valence-corrected chi connectivity index (χ4v) is 2.39. The van der Waals surface area contributed by atoms with Crippen molar-refractivity contribution in [1.29, 1.82) is 0 Å². The van der Waals surface area contributed by atoms with Crippen molar-refractivity contribution in [2.45, 2.75) is 25.7 Å². The molecule has 0 bridgehead atoms. The van der Waals surface area contributed by atoms with E-state index in [1.165, 1.54) is 0 Å². The minimum Gasteiger partial charge on any atom is -0.368 e. The van der Waals surface area contributed by atoms with Crippen molar-refractivity contribution >= 4 is 5.91 Å². The van der Waals surface area contributed by atoms with Crippen LogP contribution < -0.4 is 5.32 Å². The average Bonchev–Trinajstić information content (AvgIpc) is 2.99. The van der Waals surface area contributed by atoms with Gasteiger partial charge in [-0.15, -0.1) is 0 Å². The van der Waals surface area contributed by atoms with Gasteiger partial charge in [0.15, 0.2) is 11.9 Å². The molecule has 1 aliphatic rings. The van der Waals surface area contributed by atoms with E-state index in [-0.39, 0.29) is 12.5 Å². The number of ether oxygens (including phenoxy) is 2. The Hall–Kier alpha value is -2.25. The minimum atomic E-state index is -0.670. The van der Waals surface area contributed by atoms with Gasteiger partial charge in [0.05, 0.1) is 19.8 Å². The molecule has 2 aromatic rings. The smallest absolute Gasteiger partial charge is 0.252 e. The van der Waals surface area contributed by atoms with Crippen LogP contribution in [0.15, 0.2) is 30.3 Å². The Kier molecular flexibility index (Phi) is 4.45. The van der Waals surface area contributed by atoms with Crippen LogP contribution in [0.3, 0.4) is 0 Å². The van der Waals surface area contributed by atoms with Crippen molar-refractivity contribution in [3.63, 3.8) is 0 Å². The van der Waals surface area contributed by atoms with Crippen LogP contribution in [0.5, 0.6) is 0 Å². The summed E-state index contributed by atoms with van der Waals surface area (Å²) in [4.78, 5) is 16.5. The van der Waals surface area contributed by atoms with Gasteiger partial charge in [-0.1, -0.05) is 30.3 Å². The van der Waals surface area contributed by atoms with Crippen LogP contribution in [0.2, 0.25) is 0 Å². The van der Waals surface area contributed by atoms with Gasteiger partial charge in [-0.05, 0) is 12.5 Å². The molecule has 1 aliphatic heterocycles. The Labute approximate surface area is 128 Å². The number of nitrogens with one attached hydrogen (secondary N) is 2. The predicted octanol–water partition coefficient (Wildman–Crippen LogP) is 0.886. The van der Waals surface area contributed by atoms with Crippen LogP contribution in [-0.2, 0) is 20.8 Å². The largest absolute Gasteiger partial charge is 0.368 e. The van der Waals surface area contributed by atoms with E-state index in [9.17, 15) is 4.79 Å². The van der Waals surface area contributed by atoms with Gasteiger partial charge in [0.25, 0.3) is 5.91 Å². The van der Waals surface area contributed by atoms with Gasteiger partial charge in [0.1, 0.15) is 11.9 Å². The number of hydrogen-bond acceptors (Lipinski definition) is 5. The van der Waals surface area contributed by atoms with Crippen molar-refractivity contribution in [3.05, 3.63) is 47.5 Å². The number of hydrogen-bond donors (Lipinski definition) is 2. The van der Waals surface area contributed by atoms with E-state index in [1.807, 2.05) is 37.3 Å².